The van der Waals surface area contributed by atoms with Gasteiger partial charge < -0.3 is 147 Å². The van der Waals surface area contributed by atoms with Crippen LogP contribution in [0.1, 0.15) is 0 Å². The van der Waals surface area contributed by atoms with Crippen molar-refractivity contribution < 1.29 is 210 Å². The molecule has 0 atom stereocenters. The molecule has 0 bridgehead atoms. The summed E-state index contributed by atoms with van der Waals surface area (Å²) in [5.41, 5.74) is 24.8. The number of rotatable bonds is 24. The molecule has 396 valence electrons. The van der Waals surface area contributed by atoms with Crippen molar-refractivity contribution in [2.75, 3.05) is 92.6 Å². The van der Waals surface area contributed by atoms with Crippen LogP contribution >= 0.6 is 0 Å². The largest absolute Gasteiger partial charge is 4.00 e. The Labute approximate surface area is 426 Å². The van der Waals surface area contributed by atoms with Crippen LogP contribution in [0.15, 0.2) is 0 Å². The number of nitrogens with zero attached hydrogens (tertiary/aromatic N) is 4. The van der Waals surface area contributed by atoms with Crippen molar-refractivity contribution in [1.29, 1.82) is 0 Å². The number of hydrogen-bond donors (Lipinski definition) is 8. The molecule has 0 saturated heterocycles. The first-order valence-electron chi connectivity index (χ1n) is 16.1. The van der Waals surface area contributed by atoms with Gasteiger partial charge in [0.2, 0.25) is 0 Å². The number of quaternary nitrogens is 2. The first kappa shape index (κ1) is 96.5. The summed E-state index contributed by atoms with van der Waals surface area (Å²) in [5.74, 6) is -19.0. The second-order valence-electron chi connectivity index (χ2n) is 10.0. The fourth-order valence-electron chi connectivity index (χ4n) is 2.86. The normalized spacial score (nSPS) is 8.35. The molecule has 0 aromatic heterocycles. The minimum atomic E-state index is -1.57. The van der Waals surface area contributed by atoms with Crippen LogP contribution in [0.4, 0.5) is 0 Å². The monoisotopic (exact) mass is 1170 g/mol. The number of carbonyl (C=O) groups excluding carboxylic acids is 12. The molecule has 0 rings (SSSR count). The SMILES string of the molecule is C[NH3+].C[NH3+].NC(N)=[NH2+].NC(N)=[NH2+].O.O.O.O=C([O-])CN(CC(=O)[O-])CC(=O)[O-].O=C([O-])CN(CC(=O)[O-])CC(=O)[O-].O=C([O-])CN(CC(=O)[O-])CC(=O)[O-].O=C([O-])CN(CC(=O)[O-])CC(=O)[O-].[Zr+4].[Zr+4]. The molecule has 41 heteroatoms. The number of carboxylic acids is 12. The van der Waals surface area contributed by atoms with Gasteiger partial charge >= 0.3 is 64.3 Å². The Kier molecular flexibility index (Phi) is 89.1. The van der Waals surface area contributed by atoms with E-state index in [-0.39, 0.29) is 80.8 Å². The maximum Gasteiger partial charge on any atom is 4.00 e. The molecule has 0 aromatic rings. The standard InChI is InChI=1S/4C6H9NO6.2CH5N3.2CH5N.3H2O.2Zr/c4*8-4(9)1-7(2-5(10)11)3-6(12)13;2*2-1(3)4;2*1-2;;;;;/h4*1-3H2,(H,8,9)(H,10,11)(H,12,13);2*(H5,2,3,4);2*2H2,1H3;3*1H2;;/q;;;;;;;;;;;2*+4/p-8. The fourth-order valence-corrected chi connectivity index (χ4v) is 2.86. The number of guanidine groups is 2. The summed E-state index contributed by atoms with van der Waals surface area (Å²) in [7, 11) is 3.50. The van der Waals surface area contributed by atoms with E-state index in [1.54, 1.807) is 14.1 Å². The molecule has 0 unspecified atom stereocenters. The zero-order valence-electron chi connectivity index (χ0n) is 36.5. The van der Waals surface area contributed by atoms with Crippen molar-refractivity contribution in [2.24, 2.45) is 22.9 Å². The minimum absolute atomic E-state index is 0. The van der Waals surface area contributed by atoms with Crippen LogP contribution in [0.2, 0.25) is 0 Å². The van der Waals surface area contributed by atoms with Gasteiger partial charge in [-0.3, -0.25) is 53.4 Å². The predicted molar refractivity (Wildman–Crippen MR) is 185 cm³/mol. The zero-order valence-corrected chi connectivity index (χ0v) is 41.4. The van der Waals surface area contributed by atoms with Gasteiger partial charge in [-0.15, -0.1) is 0 Å². The summed E-state index contributed by atoms with van der Waals surface area (Å²) in [5, 5.41) is 129. The molecule has 0 aliphatic carbocycles. The quantitative estimate of drug-likeness (QED) is 0.0329. The van der Waals surface area contributed by atoms with Crippen LogP contribution in [0.5, 0.6) is 0 Å². The third-order valence-electron chi connectivity index (χ3n) is 4.23. The van der Waals surface area contributed by atoms with Gasteiger partial charge in [-0.25, -0.2) is 0 Å². The minimum Gasteiger partial charge on any atom is -0.549 e. The van der Waals surface area contributed by atoms with Crippen LogP contribution in [0, 0.1) is 0 Å². The van der Waals surface area contributed by atoms with Gasteiger partial charge in [0.1, 0.15) is 0 Å². The number of nitrogens with two attached hydrogens (primary N) is 6. The van der Waals surface area contributed by atoms with Crippen molar-refractivity contribution in [3.63, 3.8) is 0 Å². The fraction of sp³-hybridized carbons (Fsp3) is 0.500. The zero-order chi connectivity index (χ0) is 52.9. The molecule has 0 saturated carbocycles. The van der Waals surface area contributed by atoms with Crippen molar-refractivity contribution in [3.05, 3.63) is 0 Å². The summed E-state index contributed by atoms with van der Waals surface area (Å²) < 4.78 is 0. The van der Waals surface area contributed by atoms with E-state index in [2.05, 4.69) is 45.2 Å². The Balaban J connectivity index is -0.0000000499. The summed E-state index contributed by atoms with van der Waals surface area (Å²) in [4.78, 5) is 122. The second-order valence-corrected chi connectivity index (χ2v) is 10.0. The molecule has 0 aromatic carbocycles. The van der Waals surface area contributed by atoms with Crippen molar-refractivity contribution in [1.82, 2.24) is 19.6 Å². The molecule has 0 amide bonds. The van der Waals surface area contributed by atoms with Gasteiger partial charge in [0, 0.05) is 78.5 Å². The molecule has 0 aliphatic rings. The molecule has 0 radical (unpaired) electrons. The molecule has 24 N–H and O–H groups in total. The maximum absolute atomic E-state index is 9.99. The summed E-state index contributed by atoms with van der Waals surface area (Å²) in [6, 6.07) is 0. The van der Waals surface area contributed by atoms with Crippen molar-refractivity contribution >= 4 is 83.6 Å². The second kappa shape index (κ2) is 63.7. The van der Waals surface area contributed by atoms with E-state index in [1.807, 2.05) is 0 Å². The molecule has 69 heavy (non-hydrogen) atoms. The van der Waals surface area contributed by atoms with Gasteiger partial charge in [-0.05, 0) is 0 Å². The topological polar surface area (TPSA) is 800 Å². The van der Waals surface area contributed by atoms with Gasteiger partial charge in [0.25, 0.3) is 0 Å². The number of carbonyl (C=O) groups is 12. The third kappa shape index (κ3) is 126. The Morgan fingerprint density at radius 3 is 0.362 bits per heavy atom. The van der Waals surface area contributed by atoms with E-state index >= 15 is 0 Å². The average Bonchev–Trinajstić information content (AvgIpc) is 3.03. The first-order chi connectivity index (χ1) is 29.1. The third-order valence-corrected chi connectivity index (χ3v) is 4.23. The smallest absolute Gasteiger partial charge is 0.549 e. The van der Waals surface area contributed by atoms with Crippen LogP contribution in [0.3, 0.4) is 0 Å². The van der Waals surface area contributed by atoms with Crippen molar-refractivity contribution in [2.45, 2.75) is 0 Å². The number of hydrogen-bond acceptors (Lipinski definition) is 28. The molecular formula is C28H54N12O27Zr2. The van der Waals surface area contributed by atoms with Gasteiger partial charge in [-0.2, -0.15) is 0 Å². The van der Waals surface area contributed by atoms with Gasteiger partial charge in [-0.1, -0.05) is 0 Å². The van der Waals surface area contributed by atoms with Gasteiger partial charge in [0.05, 0.1) is 85.7 Å². The van der Waals surface area contributed by atoms with Crippen LogP contribution in [-0.4, -0.2) is 212 Å². The Hall–Kier alpha value is -6.41. The van der Waals surface area contributed by atoms with Crippen LogP contribution in [-0.2, 0) is 110 Å². The predicted octanol–water partition coefficient (Wildman–Crippen LogP) is -32.6. The summed E-state index contributed by atoms with van der Waals surface area (Å²) >= 11 is 0. The molecule has 39 nitrogen and oxygen atoms in total. The van der Waals surface area contributed by atoms with E-state index in [0.29, 0.717) is 19.6 Å². The van der Waals surface area contributed by atoms with E-state index < -0.39 is 150 Å². The Morgan fingerprint density at radius 1 is 0.290 bits per heavy atom. The average molecular weight is 1170 g/mol. The summed E-state index contributed by atoms with van der Waals surface area (Å²) in [6.07, 6.45) is 0. The molecule has 0 aliphatic heterocycles. The Morgan fingerprint density at radius 2 is 0.333 bits per heavy atom. The Bertz CT molecular complexity index is 1150. The number of aliphatic carboxylic acids is 12. The number of carboxylic acid groups (broad SMARTS) is 12. The first-order valence-corrected chi connectivity index (χ1v) is 16.1. The van der Waals surface area contributed by atoms with Crippen molar-refractivity contribution in [3.8, 4) is 0 Å². The van der Waals surface area contributed by atoms with E-state index in [9.17, 15) is 119 Å². The van der Waals surface area contributed by atoms with E-state index in [0.717, 1.165) is 0 Å². The van der Waals surface area contributed by atoms with Gasteiger partial charge in [0.15, 0.2) is 0 Å². The van der Waals surface area contributed by atoms with E-state index in [4.69, 9.17) is 0 Å². The summed E-state index contributed by atoms with van der Waals surface area (Å²) in [6.45, 7) is -9.48. The molecule has 0 heterocycles. The molecule has 0 fully saturated rings. The van der Waals surface area contributed by atoms with Crippen LogP contribution < -0.4 is 106 Å². The maximum atomic E-state index is 9.99. The van der Waals surface area contributed by atoms with E-state index in [1.165, 1.54) is 0 Å². The molecular weight excluding hydrogens is 1120 g/mol. The molecule has 0 spiro atoms. The van der Waals surface area contributed by atoms with Crippen LogP contribution in [0.25, 0.3) is 0 Å².